The Morgan fingerprint density at radius 1 is 1.22 bits per heavy atom. The first-order chi connectivity index (χ1) is 8.60. The molecule has 1 nitrogen and oxygen atoms in total. The molecule has 1 unspecified atom stereocenters. The Hall–Kier alpha value is -1.24. The zero-order valence-electron chi connectivity index (χ0n) is 12.4. The topological polar surface area (TPSA) is 9.23 Å². The molecule has 100 valence electrons. The van der Waals surface area contributed by atoms with Gasteiger partial charge in [-0.15, -0.1) is 0 Å². The second-order valence-corrected chi connectivity index (χ2v) is 5.09. The van der Waals surface area contributed by atoms with E-state index in [0.717, 1.165) is 18.8 Å². The van der Waals surface area contributed by atoms with Crippen molar-refractivity contribution in [1.82, 2.24) is 0 Å². The molecule has 0 amide bonds. The molecule has 0 spiro atoms. The van der Waals surface area contributed by atoms with E-state index >= 15 is 0 Å². The number of hydrogen-bond donors (Lipinski definition) is 0. The zero-order valence-corrected chi connectivity index (χ0v) is 12.4. The fourth-order valence-corrected chi connectivity index (χ4v) is 2.09. The summed E-state index contributed by atoms with van der Waals surface area (Å²) in [5, 5.41) is 0. The lowest BCUT2D eigenvalue weighted by Gasteiger charge is -2.17. The summed E-state index contributed by atoms with van der Waals surface area (Å²) in [6, 6.07) is 6.63. The molecule has 0 aliphatic rings. The molecule has 0 aliphatic heterocycles. The van der Waals surface area contributed by atoms with Crippen LogP contribution in [-0.4, -0.2) is 6.61 Å². The predicted octanol–water partition coefficient (Wildman–Crippen LogP) is 5.28. The first kappa shape index (κ1) is 14.8. The summed E-state index contributed by atoms with van der Waals surface area (Å²) in [7, 11) is 0. The van der Waals surface area contributed by atoms with Crippen LogP contribution in [0.25, 0.3) is 0 Å². The van der Waals surface area contributed by atoms with E-state index in [-0.39, 0.29) is 0 Å². The van der Waals surface area contributed by atoms with Crippen LogP contribution >= 0.6 is 0 Å². The van der Waals surface area contributed by atoms with Crippen LogP contribution in [0.4, 0.5) is 0 Å². The van der Waals surface area contributed by atoms with Crippen molar-refractivity contribution in [2.24, 2.45) is 0 Å². The van der Waals surface area contributed by atoms with Gasteiger partial charge in [0.05, 0.1) is 6.61 Å². The van der Waals surface area contributed by atoms with Crippen molar-refractivity contribution < 1.29 is 4.74 Å². The summed E-state index contributed by atoms with van der Waals surface area (Å²) in [6.07, 6.45) is 5.45. The molecule has 1 aromatic carbocycles. The summed E-state index contributed by atoms with van der Waals surface area (Å²) in [5.41, 5.74) is 2.72. The number of benzene rings is 1. The number of allylic oxidation sites excluding steroid dienone is 2. The maximum Gasteiger partial charge on any atom is 0.122 e. The van der Waals surface area contributed by atoms with Gasteiger partial charge in [-0.1, -0.05) is 45.1 Å². The molecule has 0 aromatic heterocycles. The molecule has 1 atom stereocenters. The molecular formula is C17H26O. The zero-order chi connectivity index (χ0) is 13.5. The number of hydrogen-bond acceptors (Lipinski definition) is 1. The quantitative estimate of drug-likeness (QED) is 0.621. The summed E-state index contributed by atoms with van der Waals surface area (Å²) in [6.45, 7) is 11.6. The summed E-state index contributed by atoms with van der Waals surface area (Å²) < 4.78 is 5.70. The highest BCUT2D eigenvalue weighted by Crippen LogP contribution is 2.31. The number of rotatable bonds is 6. The maximum atomic E-state index is 5.70. The first-order valence-electron chi connectivity index (χ1n) is 6.97. The molecule has 0 heterocycles. The Kier molecular flexibility index (Phi) is 5.97. The third-order valence-corrected chi connectivity index (χ3v) is 3.25. The minimum Gasteiger partial charge on any atom is -0.494 e. The van der Waals surface area contributed by atoms with Crippen LogP contribution in [0.1, 0.15) is 64.0 Å². The lowest BCUT2D eigenvalue weighted by molar-refractivity contribution is 0.335. The SMILES string of the molecule is C/C=C\CC(C)c1ccc(OCC)c(C(C)C)c1. The van der Waals surface area contributed by atoms with E-state index < -0.39 is 0 Å². The van der Waals surface area contributed by atoms with Crippen molar-refractivity contribution in [3.05, 3.63) is 41.5 Å². The van der Waals surface area contributed by atoms with Gasteiger partial charge in [0, 0.05) is 0 Å². The average Bonchev–Trinajstić information content (AvgIpc) is 2.36. The van der Waals surface area contributed by atoms with Crippen LogP contribution in [0.2, 0.25) is 0 Å². The minimum atomic E-state index is 0.500. The lowest BCUT2D eigenvalue weighted by atomic mass is 9.92. The molecule has 0 saturated heterocycles. The molecule has 0 N–H and O–H groups in total. The van der Waals surface area contributed by atoms with Gasteiger partial charge in [-0.05, 0) is 49.3 Å². The van der Waals surface area contributed by atoms with E-state index in [2.05, 4.69) is 58.0 Å². The van der Waals surface area contributed by atoms with Crippen LogP contribution in [0.5, 0.6) is 5.75 Å². The van der Waals surface area contributed by atoms with E-state index in [1.165, 1.54) is 11.1 Å². The van der Waals surface area contributed by atoms with Crippen molar-refractivity contribution in [1.29, 1.82) is 0 Å². The summed E-state index contributed by atoms with van der Waals surface area (Å²) >= 11 is 0. The molecule has 0 aliphatic carbocycles. The van der Waals surface area contributed by atoms with Crippen molar-refractivity contribution in [2.75, 3.05) is 6.61 Å². The van der Waals surface area contributed by atoms with Crippen molar-refractivity contribution in [3.8, 4) is 5.75 Å². The molecule has 0 fully saturated rings. The van der Waals surface area contributed by atoms with E-state index in [9.17, 15) is 0 Å². The van der Waals surface area contributed by atoms with Gasteiger partial charge in [-0.3, -0.25) is 0 Å². The summed E-state index contributed by atoms with van der Waals surface area (Å²) in [5.74, 6) is 2.10. The Bertz CT molecular complexity index is 391. The van der Waals surface area contributed by atoms with Gasteiger partial charge in [0.25, 0.3) is 0 Å². The van der Waals surface area contributed by atoms with Gasteiger partial charge in [0.2, 0.25) is 0 Å². The summed E-state index contributed by atoms with van der Waals surface area (Å²) in [4.78, 5) is 0. The van der Waals surface area contributed by atoms with E-state index in [1.807, 2.05) is 6.92 Å². The van der Waals surface area contributed by atoms with E-state index in [1.54, 1.807) is 0 Å². The van der Waals surface area contributed by atoms with E-state index in [0.29, 0.717) is 11.8 Å². The van der Waals surface area contributed by atoms with Crippen LogP contribution in [0, 0.1) is 0 Å². The van der Waals surface area contributed by atoms with Crippen LogP contribution in [-0.2, 0) is 0 Å². The third kappa shape index (κ3) is 3.90. The van der Waals surface area contributed by atoms with Gasteiger partial charge in [0.1, 0.15) is 5.75 Å². The molecule has 0 saturated carbocycles. The largest absolute Gasteiger partial charge is 0.494 e. The molecule has 0 radical (unpaired) electrons. The Morgan fingerprint density at radius 3 is 2.50 bits per heavy atom. The van der Waals surface area contributed by atoms with Crippen molar-refractivity contribution in [2.45, 2.75) is 52.9 Å². The fourth-order valence-electron chi connectivity index (χ4n) is 2.09. The highest BCUT2D eigenvalue weighted by Gasteiger charge is 2.11. The second-order valence-electron chi connectivity index (χ2n) is 5.09. The third-order valence-electron chi connectivity index (χ3n) is 3.25. The molecule has 18 heavy (non-hydrogen) atoms. The Morgan fingerprint density at radius 2 is 1.94 bits per heavy atom. The highest BCUT2D eigenvalue weighted by molar-refractivity contribution is 5.40. The average molecular weight is 246 g/mol. The Labute approximate surface area is 112 Å². The first-order valence-corrected chi connectivity index (χ1v) is 6.97. The second kappa shape index (κ2) is 7.25. The van der Waals surface area contributed by atoms with Gasteiger partial charge >= 0.3 is 0 Å². The maximum absolute atomic E-state index is 5.70. The predicted molar refractivity (Wildman–Crippen MR) is 79.5 cm³/mol. The number of ether oxygens (including phenoxy) is 1. The highest BCUT2D eigenvalue weighted by atomic mass is 16.5. The van der Waals surface area contributed by atoms with Gasteiger partial charge in [-0.2, -0.15) is 0 Å². The van der Waals surface area contributed by atoms with Gasteiger partial charge < -0.3 is 4.74 Å². The Balaban J connectivity index is 2.98. The minimum absolute atomic E-state index is 0.500. The molecule has 1 rings (SSSR count). The standard InChI is InChI=1S/C17H26O/c1-6-8-9-14(5)15-10-11-17(18-7-2)16(12-15)13(3)4/h6,8,10-14H,7,9H2,1-5H3/b8-6-. The van der Waals surface area contributed by atoms with E-state index in [4.69, 9.17) is 4.74 Å². The van der Waals surface area contributed by atoms with Crippen molar-refractivity contribution in [3.63, 3.8) is 0 Å². The van der Waals surface area contributed by atoms with Crippen LogP contribution < -0.4 is 4.74 Å². The molecule has 1 aromatic rings. The van der Waals surface area contributed by atoms with Crippen LogP contribution in [0.3, 0.4) is 0 Å². The van der Waals surface area contributed by atoms with Crippen LogP contribution in [0.15, 0.2) is 30.4 Å². The van der Waals surface area contributed by atoms with Gasteiger partial charge in [-0.25, -0.2) is 0 Å². The molecule has 1 heteroatoms. The van der Waals surface area contributed by atoms with Gasteiger partial charge in [0.15, 0.2) is 0 Å². The fraction of sp³-hybridized carbons (Fsp3) is 0.529. The monoisotopic (exact) mass is 246 g/mol. The normalized spacial score (nSPS) is 13.2. The smallest absolute Gasteiger partial charge is 0.122 e. The lowest BCUT2D eigenvalue weighted by Crippen LogP contribution is -2.01. The molecule has 0 bridgehead atoms. The van der Waals surface area contributed by atoms with Crippen molar-refractivity contribution >= 4 is 0 Å². The molecular weight excluding hydrogens is 220 g/mol.